The van der Waals surface area contributed by atoms with Crippen LogP contribution in [0.1, 0.15) is 32.6 Å². The zero-order valence-electron chi connectivity index (χ0n) is 9.71. The molecule has 1 heterocycles. The van der Waals surface area contributed by atoms with E-state index in [9.17, 15) is 0 Å². The lowest BCUT2D eigenvalue weighted by atomic mass is 9.87. The van der Waals surface area contributed by atoms with E-state index in [0.717, 1.165) is 32.3 Å². The van der Waals surface area contributed by atoms with Crippen molar-refractivity contribution in [2.75, 3.05) is 26.4 Å². The molecule has 1 aliphatic carbocycles. The van der Waals surface area contributed by atoms with Gasteiger partial charge in [-0.15, -0.1) is 0 Å². The van der Waals surface area contributed by atoms with Gasteiger partial charge in [-0.1, -0.05) is 6.92 Å². The molecule has 1 saturated carbocycles. The monoisotopic (exact) mass is 213 g/mol. The molecule has 0 radical (unpaired) electrons. The Labute approximate surface area is 92.5 Å². The highest BCUT2D eigenvalue weighted by Gasteiger charge is 2.20. The van der Waals surface area contributed by atoms with Gasteiger partial charge in [-0.3, -0.25) is 0 Å². The summed E-state index contributed by atoms with van der Waals surface area (Å²) in [5.74, 6) is 0.928. The molecule has 2 aliphatic rings. The second-order valence-electron chi connectivity index (χ2n) is 4.93. The van der Waals surface area contributed by atoms with Crippen molar-refractivity contribution in [2.24, 2.45) is 5.92 Å². The number of ether oxygens (including phenoxy) is 2. The lowest BCUT2D eigenvalue weighted by molar-refractivity contribution is -0.0873. The van der Waals surface area contributed by atoms with Crippen LogP contribution in [0.2, 0.25) is 0 Å². The molecule has 2 rings (SSSR count). The van der Waals surface area contributed by atoms with Crippen LogP contribution in [0.15, 0.2) is 0 Å². The molecule has 15 heavy (non-hydrogen) atoms. The maximum absolute atomic E-state index is 5.60. The number of rotatable bonds is 3. The van der Waals surface area contributed by atoms with Crippen LogP contribution in [0.25, 0.3) is 0 Å². The van der Waals surface area contributed by atoms with Crippen LogP contribution < -0.4 is 5.32 Å². The minimum absolute atomic E-state index is 0.276. The summed E-state index contributed by atoms with van der Waals surface area (Å²) >= 11 is 0. The Morgan fingerprint density at radius 2 is 1.93 bits per heavy atom. The molecular weight excluding hydrogens is 190 g/mol. The van der Waals surface area contributed by atoms with E-state index in [2.05, 4.69) is 12.2 Å². The van der Waals surface area contributed by atoms with Gasteiger partial charge in [-0.05, 0) is 31.6 Å². The third-order valence-electron chi connectivity index (χ3n) is 3.54. The van der Waals surface area contributed by atoms with Gasteiger partial charge < -0.3 is 14.8 Å². The largest absolute Gasteiger partial charge is 0.376 e. The molecule has 1 N–H and O–H groups in total. The Hall–Kier alpha value is -0.120. The van der Waals surface area contributed by atoms with Crippen molar-refractivity contribution in [3.63, 3.8) is 0 Å². The summed E-state index contributed by atoms with van der Waals surface area (Å²) in [6.07, 6.45) is 5.68. The third-order valence-corrected chi connectivity index (χ3v) is 3.54. The second kappa shape index (κ2) is 5.83. The summed E-state index contributed by atoms with van der Waals surface area (Å²) in [5, 5.41) is 3.61. The highest BCUT2D eigenvalue weighted by Crippen LogP contribution is 2.23. The quantitative estimate of drug-likeness (QED) is 0.772. The molecule has 0 bridgehead atoms. The molecule has 1 unspecified atom stereocenters. The maximum atomic E-state index is 5.60. The lowest BCUT2D eigenvalue weighted by Crippen LogP contribution is -2.42. The first kappa shape index (κ1) is 11.4. The van der Waals surface area contributed by atoms with Gasteiger partial charge in [0, 0.05) is 12.6 Å². The molecule has 0 aromatic carbocycles. The summed E-state index contributed by atoms with van der Waals surface area (Å²) in [4.78, 5) is 0. The van der Waals surface area contributed by atoms with Gasteiger partial charge >= 0.3 is 0 Å². The molecule has 1 atom stereocenters. The number of hydrogen-bond acceptors (Lipinski definition) is 3. The molecule has 0 amide bonds. The molecule has 0 aromatic heterocycles. The van der Waals surface area contributed by atoms with Crippen molar-refractivity contribution in [1.82, 2.24) is 5.32 Å². The molecule has 1 saturated heterocycles. The van der Waals surface area contributed by atoms with E-state index in [0.29, 0.717) is 6.04 Å². The van der Waals surface area contributed by atoms with Crippen LogP contribution in [0.3, 0.4) is 0 Å². The smallest absolute Gasteiger partial charge is 0.0933 e. The summed E-state index contributed by atoms with van der Waals surface area (Å²) in [6, 6.07) is 0.715. The fourth-order valence-corrected chi connectivity index (χ4v) is 2.42. The van der Waals surface area contributed by atoms with Gasteiger partial charge in [0.05, 0.1) is 25.9 Å². The Kier molecular flexibility index (Phi) is 4.42. The van der Waals surface area contributed by atoms with Crippen LogP contribution in [0.4, 0.5) is 0 Å². The highest BCUT2D eigenvalue weighted by atomic mass is 16.6. The van der Waals surface area contributed by atoms with E-state index >= 15 is 0 Å². The van der Waals surface area contributed by atoms with Crippen LogP contribution in [-0.2, 0) is 9.47 Å². The molecule has 3 nitrogen and oxygen atoms in total. The predicted molar refractivity (Wildman–Crippen MR) is 60.0 cm³/mol. The summed E-state index contributed by atoms with van der Waals surface area (Å²) in [7, 11) is 0. The van der Waals surface area contributed by atoms with E-state index in [-0.39, 0.29) is 6.10 Å². The van der Waals surface area contributed by atoms with Crippen molar-refractivity contribution in [3.8, 4) is 0 Å². The van der Waals surface area contributed by atoms with Gasteiger partial charge in [-0.25, -0.2) is 0 Å². The van der Waals surface area contributed by atoms with E-state index in [1.807, 2.05) is 0 Å². The van der Waals surface area contributed by atoms with Crippen LogP contribution in [-0.4, -0.2) is 38.5 Å². The molecule has 1 aliphatic heterocycles. The predicted octanol–water partition coefficient (Wildman–Crippen LogP) is 1.57. The van der Waals surface area contributed by atoms with Crippen molar-refractivity contribution in [1.29, 1.82) is 0 Å². The first-order chi connectivity index (χ1) is 7.34. The van der Waals surface area contributed by atoms with E-state index in [1.54, 1.807) is 0 Å². The van der Waals surface area contributed by atoms with Gasteiger partial charge in [0.15, 0.2) is 0 Å². The average Bonchev–Trinajstić information content (AvgIpc) is 2.30. The SMILES string of the molecule is CC1CCC(NCC2COCCO2)CC1. The third kappa shape index (κ3) is 3.74. The molecule has 0 spiro atoms. The molecule has 3 heteroatoms. The topological polar surface area (TPSA) is 30.5 Å². The first-order valence-electron chi connectivity index (χ1n) is 6.27. The van der Waals surface area contributed by atoms with Crippen LogP contribution in [0.5, 0.6) is 0 Å². The van der Waals surface area contributed by atoms with Crippen molar-refractivity contribution in [3.05, 3.63) is 0 Å². The van der Waals surface area contributed by atoms with E-state index in [4.69, 9.17) is 9.47 Å². The standard InChI is InChI=1S/C12H23NO2/c1-10-2-4-11(5-3-10)13-8-12-9-14-6-7-15-12/h10-13H,2-9H2,1H3. The lowest BCUT2D eigenvalue weighted by Gasteiger charge is -2.30. The Bertz CT molecular complexity index is 172. The summed E-state index contributed by atoms with van der Waals surface area (Å²) < 4.78 is 11.0. The summed E-state index contributed by atoms with van der Waals surface area (Å²) in [5.41, 5.74) is 0. The summed E-state index contributed by atoms with van der Waals surface area (Å²) in [6.45, 7) is 5.59. The Morgan fingerprint density at radius 1 is 1.13 bits per heavy atom. The maximum Gasteiger partial charge on any atom is 0.0933 e. The Balaban J connectivity index is 1.60. The molecule has 2 fully saturated rings. The van der Waals surface area contributed by atoms with E-state index in [1.165, 1.54) is 25.7 Å². The average molecular weight is 213 g/mol. The molecule has 0 aromatic rings. The first-order valence-corrected chi connectivity index (χ1v) is 6.27. The van der Waals surface area contributed by atoms with Crippen molar-refractivity contribution >= 4 is 0 Å². The second-order valence-corrected chi connectivity index (χ2v) is 4.93. The normalized spacial score (nSPS) is 37.8. The van der Waals surface area contributed by atoms with Gasteiger partial charge in [0.1, 0.15) is 0 Å². The molecular formula is C12H23NO2. The minimum atomic E-state index is 0.276. The van der Waals surface area contributed by atoms with Gasteiger partial charge in [0.2, 0.25) is 0 Å². The fourth-order valence-electron chi connectivity index (χ4n) is 2.42. The van der Waals surface area contributed by atoms with Crippen LogP contribution in [0, 0.1) is 5.92 Å². The van der Waals surface area contributed by atoms with Gasteiger partial charge in [0.25, 0.3) is 0 Å². The highest BCUT2D eigenvalue weighted by molar-refractivity contribution is 4.77. The zero-order valence-corrected chi connectivity index (χ0v) is 9.71. The Morgan fingerprint density at radius 3 is 2.60 bits per heavy atom. The number of hydrogen-bond donors (Lipinski definition) is 1. The molecule has 88 valence electrons. The van der Waals surface area contributed by atoms with E-state index < -0.39 is 0 Å². The fraction of sp³-hybridized carbons (Fsp3) is 1.00. The van der Waals surface area contributed by atoms with Crippen molar-refractivity contribution in [2.45, 2.75) is 44.8 Å². The minimum Gasteiger partial charge on any atom is -0.376 e. The van der Waals surface area contributed by atoms with Gasteiger partial charge in [-0.2, -0.15) is 0 Å². The van der Waals surface area contributed by atoms with Crippen molar-refractivity contribution < 1.29 is 9.47 Å². The number of nitrogens with one attached hydrogen (secondary N) is 1. The zero-order chi connectivity index (χ0) is 10.5. The van der Waals surface area contributed by atoms with Crippen LogP contribution >= 0.6 is 0 Å².